The number of pyridine rings is 1. The van der Waals surface area contributed by atoms with Crippen LogP contribution in [0.1, 0.15) is 13.8 Å². The minimum absolute atomic E-state index is 0.137. The number of rotatable bonds is 6. The lowest BCUT2D eigenvalue weighted by atomic mass is 10.2. The summed E-state index contributed by atoms with van der Waals surface area (Å²) in [7, 11) is 0. The van der Waals surface area contributed by atoms with Crippen LogP contribution in [0.2, 0.25) is 5.02 Å². The highest BCUT2D eigenvalue weighted by Crippen LogP contribution is 2.21. The van der Waals surface area contributed by atoms with E-state index in [1.54, 1.807) is 47.3 Å². The van der Waals surface area contributed by atoms with Crippen LogP contribution in [0.15, 0.2) is 52.7 Å². The number of nitrogens with zero attached hydrogens (tertiary/aromatic N) is 3. The third-order valence-electron chi connectivity index (χ3n) is 3.71. The van der Waals surface area contributed by atoms with E-state index < -0.39 is 0 Å². The van der Waals surface area contributed by atoms with E-state index in [2.05, 4.69) is 15.3 Å². The molecule has 0 radical (unpaired) electrons. The normalized spacial score (nSPS) is 11.1. The molecule has 8 heteroatoms. The third-order valence-corrected chi connectivity index (χ3v) is 4.92. The summed E-state index contributed by atoms with van der Waals surface area (Å²) in [6.07, 6.45) is 3.22. The summed E-state index contributed by atoms with van der Waals surface area (Å²) in [5.41, 5.74) is 1.05. The largest absolute Gasteiger partial charge is 0.324 e. The second kappa shape index (κ2) is 8.54. The standard InChI is InChI=1S/C19H19ClN4O2S/c1-12(2)10-24-18(26)15-8-13(20)5-6-16(15)23-19(24)27-11-17(25)22-14-4-3-7-21-9-14/h3-9,12H,10-11H2,1-2H3,(H,22,25). The molecule has 0 unspecified atom stereocenters. The molecule has 1 aromatic carbocycles. The van der Waals surface area contributed by atoms with Gasteiger partial charge in [-0.25, -0.2) is 4.98 Å². The lowest BCUT2D eigenvalue weighted by Crippen LogP contribution is -2.26. The van der Waals surface area contributed by atoms with Gasteiger partial charge in [-0.3, -0.25) is 19.1 Å². The number of carbonyl (C=O) groups is 1. The molecule has 0 fully saturated rings. The van der Waals surface area contributed by atoms with Crippen LogP contribution in [-0.2, 0) is 11.3 Å². The van der Waals surface area contributed by atoms with E-state index in [1.807, 2.05) is 13.8 Å². The first-order valence-electron chi connectivity index (χ1n) is 8.47. The van der Waals surface area contributed by atoms with Gasteiger partial charge in [0.15, 0.2) is 5.16 Å². The zero-order valence-corrected chi connectivity index (χ0v) is 16.5. The molecule has 2 aromatic heterocycles. The number of amides is 1. The summed E-state index contributed by atoms with van der Waals surface area (Å²) in [5, 5.41) is 4.27. The van der Waals surface area contributed by atoms with Crippen LogP contribution in [0.25, 0.3) is 10.9 Å². The number of carbonyl (C=O) groups excluding carboxylic acids is 1. The molecule has 0 aliphatic heterocycles. The lowest BCUT2D eigenvalue weighted by molar-refractivity contribution is -0.113. The van der Waals surface area contributed by atoms with Gasteiger partial charge in [-0.2, -0.15) is 0 Å². The highest BCUT2D eigenvalue weighted by molar-refractivity contribution is 7.99. The number of hydrogen-bond donors (Lipinski definition) is 1. The number of fused-ring (bicyclic) bond motifs is 1. The number of thioether (sulfide) groups is 1. The molecule has 2 heterocycles. The minimum atomic E-state index is -0.186. The van der Waals surface area contributed by atoms with Crippen molar-refractivity contribution in [2.24, 2.45) is 5.92 Å². The average molecular weight is 403 g/mol. The summed E-state index contributed by atoms with van der Waals surface area (Å²) < 4.78 is 1.62. The molecule has 140 valence electrons. The van der Waals surface area contributed by atoms with Crippen molar-refractivity contribution >= 4 is 45.9 Å². The van der Waals surface area contributed by atoms with Gasteiger partial charge in [0.05, 0.1) is 28.5 Å². The van der Waals surface area contributed by atoms with Gasteiger partial charge in [-0.05, 0) is 36.2 Å². The quantitative estimate of drug-likeness (QED) is 0.500. The fourth-order valence-corrected chi connectivity index (χ4v) is 3.55. The maximum Gasteiger partial charge on any atom is 0.262 e. The van der Waals surface area contributed by atoms with Crippen LogP contribution in [0.5, 0.6) is 0 Å². The van der Waals surface area contributed by atoms with Crippen molar-refractivity contribution in [3.05, 3.63) is 58.1 Å². The fourth-order valence-electron chi connectivity index (χ4n) is 2.57. The third kappa shape index (κ3) is 4.87. The molecule has 0 aliphatic rings. The molecule has 0 saturated carbocycles. The van der Waals surface area contributed by atoms with Crippen molar-refractivity contribution < 1.29 is 4.79 Å². The van der Waals surface area contributed by atoms with Crippen molar-refractivity contribution in [3.8, 4) is 0 Å². The van der Waals surface area contributed by atoms with Crippen molar-refractivity contribution in [1.29, 1.82) is 0 Å². The predicted molar refractivity (Wildman–Crippen MR) is 109 cm³/mol. The molecule has 3 rings (SSSR count). The summed E-state index contributed by atoms with van der Waals surface area (Å²) in [5.74, 6) is 0.206. The highest BCUT2D eigenvalue weighted by atomic mass is 35.5. The zero-order valence-electron chi connectivity index (χ0n) is 15.0. The molecule has 0 spiro atoms. The number of hydrogen-bond acceptors (Lipinski definition) is 5. The summed E-state index contributed by atoms with van der Waals surface area (Å²) in [6, 6.07) is 8.57. The molecule has 3 aromatic rings. The second-order valence-electron chi connectivity index (χ2n) is 6.44. The van der Waals surface area contributed by atoms with Crippen LogP contribution in [0, 0.1) is 5.92 Å². The summed E-state index contributed by atoms with van der Waals surface area (Å²) in [4.78, 5) is 33.7. The van der Waals surface area contributed by atoms with Crippen LogP contribution in [-0.4, -0.2) is 26.2 Å². The number of halogens is 1. The lowest BCUT2D eigenvalue weighted by Gasteiger charge is -2.15. The predicted octanol–water partition coefficient (Wildman–Crippen LogP) is 3.83. The molecule has 1 N–H and O–H groups in total. The van der Waals surface area contributed by atoms with E-state index in [-0.39, 0.29) is 23.1 Å². The average Bonchev–Trinajstić information content (AvgIpc) is 2.64. The van der Waals surface area contributed by atoms with Crippen molar-refractivity contribution in [2.45, 2.75) is 25.5 Å². The zero-order chi connectivity index (χ0) is 19.4. The van der Waals surface area contributed by atoms with Crippen LogP contribution in [0.4, 0.5) is 5.69 Å². The van der Waals surface area contributed by atoms with Gasteiger partial charge in [-0.15, -0.1) is 0 Å². The molecule has 1 amide bonds. The SMILES string of the molecule is CC(C)Cn1c(SCC(=O)Nc2cccnc2)nc2ccc(Cl)cc2c1=O. The first-order valence-corrected chi connectivity index (χ1v) is 9.83. The van der Waals surface area contributed by atoms with Gasteiger partial charge in [0.25, 0.3) is 5.56 Å². The molecular formula is C19H19ClN4O2S. The molecule has 0 atom stereocenters. The van der Waals surface area contributed by atoms with Crippen LogP contribution >= 0.6 is 23.4 Å². The van der Waals surface area contributed by atoms with E-state index in [0.717, 1.165) is 0 Å². The van der Waals surface area contributed by atoms with Gasteiger partial charge in [-0.1, -0.05) is 37.2 Å². The number of anilines is 1. The molecule has 6 nitrogen and oxygen atoms in total. The molecule has 0 bridgehead atoms. The van der Waals surface area contributed by atoms with E-state index >= 15 is 0 Å². The number of nitrogens with one attached hydrogen (secondary N) is 1. The Morgan fingerprint density at radius 3 is 2.85 bits per heavy atom. The molecular weight excluding hydrogens is 384 g/mol. The van der Waals surface area contributed by atoms with Crippen LogP contribution < -0.4 is 10.9 Å². The smallest absolute Gasteiger partial charge is 0.262 e. The second-order valence-corrected chi connectivity index (χ2v) is 7.82. The van der Waals surface area contributed by atoms with Gasteiger partial charge in [0, 0.05) is 17.8 Å². The number of aromatic nitrogens is 3. The van der Waals surface area contributed by atoms with Gasteiger partial charge in [0.1, 0.15) is 0 Å². The Kier molecular flexibility index (Phi) is 6.13. The topological polar surface area (TPSA) is 76.9 Å². The monoisotopic (exact) mass is 402 g/mol. The maximum atomic E-state index is 12.9. The number of benzene rings is 1. The summed E-state index contributed by atoms with van der Waals surface area (Å²) >= 11 is 7.27. The van der Waals surface area contributed by atoms with Gasteiger partial charge >= 0.3 is 0 Å². The first-order chi connectivity index (χ1) is 12.9. The van der Waals surface area contributed by atoms with Crippen molar-refractivity contribution in [3.63, 3.8) is 0 Å². The minimum Gasteiger partial charge on any atom is -0.324 e. The fraction of sp³-hybridized carbons (Fsp3) is 0.263. The molecule has 27 heavy (non-hydrogen) atoms. The van der Waals surface area contributed by atoms with Gasteiger partial charge < -0.3 is 5.32 Å². The van der Waals surface area contributed by atoms with Crippen molar-refractivity contribution in [2.75, 3.05) is 11.1 Å². The highest BCUT2D eigenvalue weighted by Gasteiger charge is 2.15. The van der Waals surface area contributed by atoms with Gasteiger partial charge in [0.2, 0.25) is 5.91 Å². The van der Waals surface area contributed by atoms with E-state index in [1.165, 1.54) is 11.8 Å². The van der Waals surface area contributed by atoms with E-state index in [4.69, 9.17) is 11.6 Å². The Bertz CT molecular complexity index is 1020. The molecule has 0 saturated heterocycles. The first kappa shape index (κ1) is 19.4. The van der Waals surface area contributed by atoms with E-state index in [9.17, 15) is 9.59 Å². The Balaban J connectivity index is 1.87. The Morgan fingerprint density at radius 2 is 2.15 bits per heavy atom. The molecule has 0 aliphatic carbocycles. The van der Waals surface area contributed by atoms with E-state index in [0.29, 0.717) is 33.3 Å². The summed E-state index contributed by atoms with van der Waals surface area (Å²) in [6.45, 7) is 4.57. The Morgan fingerprint density at radius 1 is 1.33 bits per heavy atom. The van der Waals surface area contributed by atoms with Crippen molar-refractivity contribution in [1.82, 2.24) is 14.5 Å². The Labute approximate surface area is 166 Å². The Hall–Kier alpha value is -2.38. The maximum absolute atomic E-state index is 12.9. The van der Waals surface area contributed by atoms with Crippen LogP contribution in [0.3, 0.4) is 0 Å².